The molecule has 1 N–H and O–H groups in total. The van der Waals surface area contributed by atoms with E-state index >= 15 is 0 Å². The van der Waals surface area contributed by atoms with Gasteiger partial charge in [0.2, 0.25) is 0 Å². The average molecular weight is 371 g/mol. The van der Waals surface area contributed by atoms with Gasteiger partial charge in [0.05, 0.1) is 21.8 Å². The summed E-state index contributed by atoms with van der Waals surface area (Å²) < 4.78 is 0.891. The molecule has 20 heavy (non-hydrogen) atoms. The molecule has 0 saturated heterocycles. The number of halogens is 3. The Morgan fingerprint density at radius 3 is 2.55 bits per heavy atom. The van der Waals surface area contributed by atoms with E-state index in [0.29, 0.717) is 10.0 Å². The summed E-state index contributed by atoms with van der Waals surface area (Å²) in [5, 5.41) is 4.81. The summed E-state index contributed by atoms with van der Waals surface area (Å²) in [6.45, 7) is 0. The topological polar surface area (TPSA) is 12.0 Å². The standard InChI is InChI=1S/C16H14BrCl2N/c17-11-8-13(18)16(14(19)9-11)20-15-7-3-5-10-4-1-2-6-12(10)15/h1-2,4,6,8-9,15,20H,3,5,7H2. The van der Waals surface area contributed by atoms with Crippen LogP contribution in [0.2, 0.25) is 10.0 Å². The van der Waals surface area contributed by atoms with Gasteiger partial charge in [0.15, 0.2) is 0 Å². The first-order chi connectivity index (χ1) is 9.65. The van der Waals surface area contributed by atoms with Crippen LogP contribution < -0.4 is 5.32 Å². The summed E-state index contributed by atoms with van der Waals surface area (Å²) in [5.74, 6) is 0. The Balaban J connectivity index is 1.94. The molecule has 0 fully saturated rings. The molecule has 1 aliphatic rings. The van der Waals surface area contributed by atoms with Crippen LogP contribution in [0.4, 0.5) is 5.69 Å². The first-order valence-corrected chi connectivity index (χ1v) is 8.19. The zero-order chi connectivity index (χ0) is 14.1. The smallest absolute Gasteiger partial charge is 0.0724 e. The van der Waals surface area contributed by atoms with Crippen molar-refractivity contribution >= 4 is 44.8 Å². The molecule has 3 rings (SSSR count). The van der Waals surface area contributed by atoms with Crippen LogP contribution in [0.25, 0.3) is 0 Å². The molecule has 0 heterocycles. The van der Waals surface area contributed by atoms with Crippen molar-refractivity contribution in [3.8, 4) is 0 Å². The van der Waals surface area contributed by atoms with E-state index in [-0.39, 0.29) is 6.04 Å². The van der Waals surface area contributed by atoms with Crippen molar-refractivity contribution in [2.45, 2.75) is 25.3 Å². The predicted octanol–water partition coefficient (Wildman–Crippen LogP) is 6.25. The van der Waals surface area contributed by atoms with E-state index in [1.807, 2.05) is 12.1 Å². The van der Waals surface area contributed by atoms with Crippen molar-refractivity contribution in [2.24, 2.45) is 0 Å². The van der Waals surface area contributed by atoms with Crippen LogP contribution in [0.15, 0.2) is 40.9 Å². The van der Waals surface area contributed by atoms with Crippen LogP contribution in [0.3, 0.4) is 0 Å². The molecule has 1 aliphatic carbocycles. The monoisotopic (exact) mass is 369 g/mol. The minimum atomic E-state index is 0.274. The van der Waals surface area contributed by atoms with Crippen LogP contribution in [-0.2, 0) is 6.42 Å². The SMILES string of the molecule is Clc1cc(Br)cc(Cl)c1NC1CCCc2ccccc21. The second kappa shape index (κ2) is 5.97. The predicted molar refractivity (Wildman–Crippen MR) is 89.9 cm³/mol. The largest absolute Gasteiger partial charge is 0.376 e. The van der Waals surface area contributed by atoms with Crippen molar-refractivity contribution in [2.75, 3.05) is 5.32 Å². The Hall–Kier alpha value is -0.700. The first kappa shape index (κ1) is 14.2. The normalized spacial score (nSPS) is 17.6. The average Bonchev–Trinajstić information content (AvgIpc) is 2.43. The molecule has 0 radical (unpaired) electrons. The Bertz CT molecular complexity index is 619. The fourth-order valence-corrected chi connectivity index (χ4v) is 4.08. The van der Waals surface area contributed by atoms with E-state index in [1.165, 1.54) is 17.5 Å². The molecule has 4 heteroatoms. The fraction of sp³-hybridized carbons (Fsp3) is 0.250. The van der Waals surface area contributed by atoms with Gasteiger partial charge < -0.3 is 5.32 Å². The quantitative estimate of drug-likeness (QED) is 0.659. The maximum atomic E-state index is 6.30. The van der Waals surface area contributed by atoms with Crippen LogP contribution >= 0.6 is 39.1 Å². The zero-order valence-electron chi connectivity index (χ0n) is 10.8. The lowest BCUT2D eigenvalue weighted by molar-refractivity contribution is 0.600. The van der Waals surface area contributed by atoms with Gasteiger partial charge in [0.25, 0.3) is 0 Å². The van der Waals surface area contributed by atoms with Gasteiger partial charge >= 0.3 is 0 Å². The molecule has 2 aromatic carbocycles. The highest BCUT2D eigenvalue weighted by molar-refractivity contribution is 9.10. The highest BCUT2D eigenvalue weighted by Crippen LogP contribution is 2.39. The van der Waals surface area contributed by atoms with Gasteiger partial charge in [0, 0.05) is 4.47 Å². The second-order valence-electron chi connectivity index (χ2n) is 5.03. The molecule has 1 atom stereocenters. The van der Waals surface area contributed by atoms with E-state index in [9.17, 15) is 0 Å². The summed E-state index contributed by atoms with van der Waals surface area (Å²) >= 11 is 16.0. The van der Waals surface area contributed by atoms with Gasteiger partial charge in [-0.3, -0.25) is 0 Å². The minimum absolute atomic E-state index is 0.274. The first-order valence-electron chi connectivity index (χ1n) is 6.64. The van der Waals surface area contributed by atoms with Crippen LogP contribution in [0.1, 0.15) is 30.0 Å². The highest BCUT2D eigenvalue weighted by atomic mass is 79.9. The van der Waals surface area contributed by atoms with Crippen molar-refractivity contribution in [3.05, 3.63) is 62.0 Å². The molecule has 0 amide bonds. The van der Waals surface area contributed by atoms with Gasteiger partial charge in [-0.15, -0.1) is 0 Å². The number of hydrogen-bond acceptors (Lipinski definition) is 1. The Kier molecular flexibility index (Phi) is 4.25. The Morgan fingerprint density at radius 2 is 1.80 bits per heavy atom. The lowest BCUT2D eigenvalue weighted by Gasteiger charge is -2.28. The van der Waals surface area contributed by atoms with Crippen LogP contribution in [0, 0.1) is 0 Å². The number of benzene rings is 2. The van der Waals surface area contributed by atoms with E-state index in [1.54, 1.807) is 0 Å². The third-order valence-corrected chi connectivity index (χ3v) is 4.75. The molecule has 104 valence electrons. The summed E-state index contributed by atoms with van der Waals surface area (Å²) in [6, 6.07) is 12.6. The van der Waals surface area contributed by atoms with Gasteiger partial charge in [-0.05, 0) is 42.5 Å². The molecule has 0 saturated carbocycles. The summed E-state index contributed by atoms with van der Waals surface area (Å²) in [6.07, 6.45) is 3.43. The fourth-order valence-electron chi connectivity index (χ4n) is 2.76. The number of anilines is 1. The Labute approximate surface area is 137 Å². The molecule has 0 bridgehead atoms. The number of aryl methyl sites for hydroxylation is 1. The van der Waals surface area contributed by atoms with Crippen LogP contribution in [0.5, 0.6) is 0 Å². The summed E-state index contributed by atoms with van der Waals surface area (Å²) in [5.41, 5.74) is 3.59. The Morgan fingerprint density at radius 1 is 1.10 bits per heavy atom. The van der Waals surface area contributed by atoms with Crippen molar-refractivity contribution in [1.82, 2.24) is 0 Å². The maximum absolute atomic E-state index is 6.30. The number of rotatable bonds is 2. The van der Waals surface area contributed by atoms with E-state index < -0.39 is 0 Å². The van der Waals surface area contributed by atoms with Gasteiger partial charge in [-0.25, -0.2) is 0 Å². The lowest BCUT2D eigenvalue weighted by Crippen LogP contribution is -2.17. The van der Waals surface area contributed by atoms with Gasteiger partial charge in [-0.2, -0.15) is 0 Å². The lowest BCUT2D eigenvalue weighted by atomic mass is 9.87. The number of hydrogen-bond donors (Lipinski definition) is 1. The van der Waals surface area contributed by atoms with Crippen molar-refractivity contribution < 1.29 is 0 Å². The van der Waals surface area contributed by atoms with Crippen LogP contribution in [-0.4, -0.2) is 0 Å². The molecule has 1 unspecified atom stereocenters. The summed E-state index contributed by atoms with van der Waals surface area (Å²) in [4.78, 5) is 0. The maximum Gasteiger partial charge on any atom is 0.0724 e. The van der Waals surface area contributed by atoms with E-state index in [0.717, 1.165) is 23.0 Å². The number of fused-ring (bicyclic) bond motifs is 1. The number of nitrogens with one attached hydrogen (secondary N) is 1. The summed E-state index contributed by atoms with van der Waals surface area (Å²) in [7, 11) is 0. The minimum Gasteiger partial charge on any atom is -0.376 e. The van der Waals surface area contributed by atoms with Crippen molar-refractivity contribution in [3.63, 3.8) is 0 Å². The molecule has 0 spiro atoms. The molecule has 0 aromatic heterocycles. The van der Waals surface area contributed by atoms with E-state index in [4.69, 9.17) is 23.2 Å². The third-order valence-electron chi connectivity index (χ3n) is 3.69. The molecule has 1 nitrogen and oxygen atoms in total. The van der Waals surface area contributed by atoms with Crippen molar-refractivity contribution in [1.29, 1.82) is 0 Å². The molecule has 0 aliphatic heterocycles. The molecular weight excluding hydrogens is 357 g/mol. The van der Waals surface area contributed by atoms with E-state index in [2.05, 4.69) is 45.5 Å². The second-order valence-corrected chi connectivity index (χ2v) is 6.76. The van der Waals surface area contributed by atoms with Gasteiger partial charge in [0.1, 0.15) is 0 Å². The zero-order valence-corrected chi connectivity index (χ0v) is 13.9. The van der Waals surface area contributed by atoms with Gasteiger partial charge in [-0.1, -0.05) is 63.4 Å². The third kappa shape index (κ3) is 2.83. The molecule has 2 aromatic rings. The molecular formula is C16H14BrCl2N. The highest BCUT2D eigenvalue weighted by Gasteiger charge is 2.21.